The van der Waals surface area contributed by atoms with Gasteiger partial charge in [-0.15, -0.1) is 0 Å². The summed E-state index contributed by atoms with van der Waals surface area (Å²) in [6, 6.07) is 12.6. The zero-order chi connectivity index (χ0) is 19.0. The molecule has 0 saturated heterocycles. The van der Waals surface area contributed by atoms with Gasteiger partial charge < -0.3 is 19.8 Å². The number of H-pyrrole nitrogens is 1. The minimum Gasteiger partial charge on any atom is -0.486 e. The molecule has 0 spiro atoms. The monoisotopic (exact) mass is 364 g/mol. The number of nitrogens with one attached hydrogen (secondary N) is 2. The van der Waals surface area contributed by atoms with Gasteiger partial charge in [0.25, 0.3) is 5.91 Å². The summed E-state index contributed by atoms with van der Waals surface area (Å²) in [4.78, 5) is 27.5. The summed E-state index contributed by atoms with van der Waals surface area (Å²) >= 11 is 0. The van der Waals surface area contributed by atoms with E-state index in [0.29, 0.717) is 29.2 Å². The Morgan fingerprint density at radius 1 is 1.22 bits per heavy atom. The summed E-state index contributed by atoms with van der Waals surface area (Å²) in [6.07, 6.45) is 2.19. The van der Waals surface area contributed by atoms with E-state index in [4.69, 9.17) is 9.47 Å². The van der Waals surface area contributed by atoms with Crippen molar-refractivity contribution in [2.45, 2.75) is 25.9 Å². The molecule has 3 aromatic rings. The normalized spacial score (nSPS) is 15.1. The number of carbonyl (C=O) groups is 2. The second kappa shape index (κ2) is 6.46. The minimum atomic E-state index is -0.545. The molecule has 1 aromatic heterocycles. The lowest BCUT2D eigenvalue weighted by atomic mass is 9.93. The van der Waals surface area contributed by atoms with Crippen LogP contribution in [0.4, 0.5) is 5.69 Å². The van der Waals surface area contributed by atoms with Crippen LogP contribution in [0.3, 0.4) is 0 Å². The number of ether oxygens (including phenoxy) is 2. The van der Waals surface area contributed by atoms with Gasteiger partial charge in [-0.25, -0.2) is 0 Å². The van der Waals surface area contributed by atoms with Gasteiger partial charge in [-0.3, -0.25) is 9.59 Å². The lowest BCUT2D eigenvalue weighted by molar-refractivity contribution is -0.118. The first-order chi connectivity index (χ1) is 12.9. The van der Waals surface area contributed by atoms with Gasteiger partial charge in [-0.2, -0.15) is 0 Å². The second-order valence-electron chi connectivity index (χ2n) is 7.24. The Kier molecular flexibility index (Phi) is 4.11. The minimum absolute atomic E-state index is 0.0469. The molecule has 0 unspecified atom stereocenters. The molecule has 2 heterocycles. The molecule has 6 heteroatoms. The first-order valence-electron chi connectivity index (χ1n) is 8.76. The number of aromatic nitrogens is 1. The number of rotatable bonds is 4. The standard InChI is InChI=1S/C21H20N2O4/c1-21(2)11-18(24)16-5-4-15(10-19(16)27-21)26-12-20(25)23-14-3-6-17-13(9-14)7-8-22-17/h3-10,22H,11-12H2,1-2H3,(H,23,25). The molecule has 0 bridgehead atoms. The van der Waals surface area contributed by atoms with Crippen LogP contribution in [0.25, 0.3) is 10.9 Å². The largest absolute Gasteiger partial charge is 0.486 e. The number of anilines is 1. The summed E-state index contributed by atoms with van der Waals surface area (Å²) in [5, 5.41) is 3.83. The van der Waals surface area contributed by atoms with Crippen molar-refractivity contribution >= 4 is 28.3 Å². The Morgan fingerprint density at radius 3 is 2.93 bits per heavy atom. The topological polar surface area (TPSA) is 80.4 Å². The summed E-state index contributed by atoms with van der Waals surface area (Å²) in [7, 11) is 0. The Morgan fingerprint density at radius 2 is 2.07 bits per heavy atom. The molecule has 2 N–H and O–H groups in total. The van der Waals surface area contributed by atoms with E-state index in [-0.39, 0.29) is 18.3 Å². The average molecular weight is 364 g/mol. The molecule has 0 saturated carbocycles. The van der Waals surface area contributed by atoms with Gasteiger partial charge in [0.15, 0.2) is 12.4 Å². The fourth-order valence-corrected chi connectivity index (χ4v) is 3.20. The quantitative estimate of drug-likeness (QED) is 0.735. The van der Waals surface area contributed by atoms with Gasteiger partial charge in [0.2, 0.25) is 0 Å². The van der Waals surface area contributed by atoms with Crippen molar-refractivity contribution in [3.05, 3.63) is 54.2 Å². The Hall–Kier alpha value is -3.28. The summed E-state index contributed by atoms with van der Waals surface area (Å²) in [5.41, 5.74) is 1.72. The number of fused-ring (bicyclic) bond motifs is 2. The number of hydrogen-bond donors (Lipinski definition) is 2. The second-order valence-corrected chi connectivity index (χ2v) is 7.24. The van der Waals surface area contributed by atoms with E-state index in [1.807, 2.05) is 44.3 Å². The third-order valence-electron chi connectivity index (χ3n) is 4.43. The van der Waals surface area contributed by atoms with E-state index < -0.39 is 5.60 Å². The van der Waals surface area contributed by atoms with Crippen LogP contribution in [0.15, 0.2) is 48.7 Å². The molecule has 6 nitrogen and oxygen atoms in total. The highest BCUT2D eigenvalue weighted by Crippen LogP contribution is 2.35. The van der Waals surface area contributed by atoms with Crippen molar-refractivity contribution in [3.63, 3.8) is 0 Å². The molecular weight excluding hydrogens is 344 g/mol. The van der Waals surface area contributed by atoms with Crippen molar-refractivity contribution in [2.24, 2.45) is 0 Å². The van der Waals surface area contributed by atoms with Gasteiger partial charge >= 0.3 is 0 Å². The maximum atomic E-state index is 12.2. The fraction of sp³-hybridized carbons (Fsp3) is 0.238. The van der Waals surface area contributed by atoms with Crippen LogP contribution in [0.2, 0.25) is 0 Å². The van der Waals surface area contributed by atoms with Gasteiger partial charge in [-0.05, 0) is 50.2 Å². The highest BCUT2D eigenvalue weighted by molar-refractivity contribution is 6.00. The molecule has 0 fully saturated rings. The van der Waals surface area contributed by atoms with E-state index in [1.54, 1.807) is 18.2 Å². The van der Waals surface area contributed by atoms with Crippen LogP contribution < -0.4 is 14.8 Å². The molecule has 27 heavy (non-hydrogen) atoms. The zero-order valence-corrected chi connectivity index (χ0v) is 15.2. The van der Waals surface area contributed by atoms with Crippen molar-refractivity contribution in [2.75, 3.05) is 11.9 Å². The molecule has 0 radical (unpaired) electrons. The molecule has 2 aromatic carbocycles. The molecule has 4 rings (SSSR count). The van der Waals surface area contributed by atoms with Crippen LogP contribution >= 0.6 is 0 Å². The van der Waals surface area contributed by atoms with E-state index in [0.717, 1.165) is 10.9 Å². The molecule has 1 aliphatic heterocycles. The third-order valence-corrected chi connectivity index (χ3v) is 4.43. The highest BCUT2D eigenvalue weighted by atomic mass is 16.5. The van der Waals surface area contributed by atoms with E-state index in [9.17, 15) is 9.59 Å². The SMILES string of the molecule is CC1(C)CC(=O)c2ccc(OCC(=O)Nc3ccc4[nH]ccc4c3)cc2O1. The zero-order valence-electron chi connectivity index (χ0n) is 15.2. The number of benzene rings is 2. The molecular formula is C21H20N2O4. The summed E-state index contributed by atoms with van der Waals surface area (Å²) in [5.74, 6) is 0.758. The van der Waals surface area contributed by atoms with Crippen molar-refractivity contribution in [1.29, 1.82) is 0 Å². The molecule has 138 valence electrons. The average Bonchev–Trinajstić information content (AvgIpc) is 3.06. The fourth-order valence-electron chi connectivity index (χ4n) is 3.20. The molecule has 1 amide bonds. The van der Waals surface area contributed by atoms with E-state index >= 15 is 0 Å². The van der Waals surface area contributed by atoms with Crippen LogP contribution in [0.5, 0.6) is 11.5 Å². The summed E-state index contributed by atoms with van der Waals surface area (Å²) < 4.78 is 11.4. The van der Waals surface area contributed by atoms with Gasteiger partial charge in [0.1, 0.15) is 17.1 Å². The number of amides is 1. The maximum absolute atomic E-state index is 12.2. The van der Waals surface area contributed by atoms with Crippen molar-refractivity contribution in [3.8, 4) is 11.5 Å². The van der Waals surface area contributed by atoms with Gasteiger partial charge in [0, 0.05) is 28.9 Å². The Labute approximate surface area is 156 Å². The highest BCUT2D eigenvalue weighted by Gasteiger charge is 2.32. The number of aromatic amines is 1. The van der Waals surface area contributed by atoms with E-state index in [1.165, 1.54) is 0 Å². The smallest absolute Gasteiger partial charge is 0.262 e. The number of carbonyl (C=O) groups excluding carboxylic acids is 2. The summed E-state index contributed by atoms with van der Waals surface area (Å²) in [6.45, 7) is 3.60. The molecule has 0 atom stereocenters. The maximum Gasteiger partial charge on any atom is 0.262 e. The first kappa shape index (κ1) is 17.1. The van der Waals surface area contributed by atoms with Gasteiger partial charge in [-0.1, -0.05) is 0 Å². The number of hydrogen-bond acceptors (Lipinski definition) is 4. The predicted molar refractivity (Wildman–Crippen MR) is 103 cm³/mol. The third kappa shape index (κ3) is 3.65. The van der Waals surface area contributed by atoms with E-state index in [2.05, 4.69) is 10.3 Å². The van der Waals surface area contributed by atoms with Crippen molar-refractivity contribution in [1.82, 2.24) is 4.98 Å². The number of ketones is 1. The Bertz CT molecular complexity index is 1040. The van der Waals surface area contributed by atoms with Crippen LogP contribution in [0.1, 0.15) is 30.6 Å². The van der Waals surface area contributed by atoms with Crippen LogP contribution in [-0.2, 0) is 4.79 Å². The lowest BCUT2D eigenvalue weighted by Gasteiger charge is -2.31. The van der Waals surface area contributed by atoms with Crippen LogP contribution in [0, 0.1) is 0 Å². The Balaban J connectivity index is 1.41. The van der Waals surface area contributed by atoms with Gasteiger partial charge in [0.05, 0.1) is 12.0 Å². The lowest BCUT2D eigenvalue weighted by Crippen LogP contribution is -2.35. The molecule has 1 aliphatic rings. The van der Waals surface area contributed by atoms with Crippen LogP contribution in [-0.4, -0.2) is 28.9 Å². The first-order valence-corrected chi connectivity index (χ1v) is 8.76. The van der Waals surface area contributed by atoms with Crippen molar-refractivity contribution < 1.29 is 19.1 Å². The predicted octanol–water partition coefficient (Wildman–Crippen LogP) is 3.93. The number of Topliss-reactive ketones (excluding diaryl/α,β-unsaturated/α-hetero) is 1. The molecule has 0 aliphatic carbocycles.